The van der Waals surface area contributed by atoms with Crippen molar-refractivity contribution in [1.29, 1.82) is 0 Å². The summed E-state index contributed by atoms with van der Waals surface area (Å²) >= 11 is 0. The van der Waals surface area contributed by atoms with Gasteiger partial charge in [-0.15, -0.1) is 0 Å². The number of carbonyl (C=O) groups is 3. The molecule has 7 nitrogen and oxygen atoms in total. The van der Waals surface area contributed by atoms with Gasteiger partial charge in [-0.1, -0.05) is 50.1 Å². The fraction of sp³-hybridized carbons (Fsp3) is 0.640. The molecule has 0 radical (unpaired) electrons. The highest BCUT2D eigenvalue weighted by molar-refractivity contribution is 5.92. The van der Waals surface area contributed by atoms with Crippen LogP contribution in [0.1, 0.15) is 78.0 Å². The fourth-order valence-corrected chi connectivity index (χ4v) is 3.61. The molecule has 1 aliphatic carbocycles. The van der Waals surface area contributed by atoms with Gasteiger partial charge in [0, 0.05) is 12.6 Å². The van der Waals surface area contributed by atoms with Crippen molar-refractivity contribution in [2.45, 2.75) is 91.5 Å². The summed E-state index contributed by atoms with van der Waals surface area (Å²) in [6.07, 6.45) is 2.02. The van der Waals surface area contributed by atoms with Gasteiger partial charge in [0.05, 0.1) is 0 Å². The number of hydrogen-bond donors (Lipinski definition) is 2. The normalized spacial score (nSPS) is 19.5. The van der Waals surface area contributed by atoms with Crippen LogP contribution in [0, 0.1) is 12.8 Å². The second-order valence-electron chi connectivity index (χ2n) is 9.85. The van der Waals surface area contributed by atoms with Crippen molar-refractivity contribution in [2.24, 2.45) is 5.92 Å². The molecule has 0 saturated heterocycles. The minimum absolute atomic E-state index is 0.0476. The summed E-state index contributed by atoms with van der Waals surface area (Å²) in [6.45, 7) is 13.6. The third-order valence-electron chi connectivity index (χ3n) is 5.53. The molecule has 2 N–H and O–H groups in total. The van der Waals surface area contributed by atoms with Crippen LogP contribution in [-0.2, 0) is 14.3 Å². The second-order valence-corrected chi connectivity index (χ2v) is 9.85. The Bertz CT molecular complexity index is 800. The largest absolute Gasteiger partial charge is 0.444 e. The molecule has 2 rings (SSSR count). The number of nitrogens with zero attached hydrogens (tertiary/aromatic N) is 1. The molecule has 32 heavy (non-hydrogen) atoms. The van der Waals surface area contributed by atoms with Gasteiger partial charge in [-0.2, -0.15) is 0 Å². The van der Waals surface area contributed by atoms with Crippen LogP contribution >= 0.6 is 0 Å². The number of ether oxygens (including phenoxy) is 1. The van der Waals surface area contributed by atoms with E-state index in [-0.39, 0.29) is 17.9 Å². The summed E-state index contributed by atoms with van der Waals surface area (Å²) in [5.74, 6) is -0.190. The van der Waals surface area contributed by atoms with E-state index in [2.05, 4.69) is 24.5 Å². The summed E-state index contributed by atoms with van der Waals surface area (Å²) < 4.78 is 5.31. The summed E-state index contributed by atoms with van der Waals surface area (Å²) in [5, 5.41) is 5.63. The maximum absolute atomic E-state index is 13.6. The molecule has 1 saturated carbocycles. The molecule has 3 amide bonds. The molecule has 7 heteroatoms. The van der Waals surface area contributed by atoms with E-state index >= 15 is 0 Å². The van der Waals surface area contributed by atoms with Gasteiger partial charge in [-0.05, 0) is 58.9 Å². The Morgan fingerprint density at radius 1 is 1.19 bits per heavy atom. The van der Waals surface area contributed by atoms with E-state index in [1.54, 1.807) is 32.6 Å². The molecular formula is C25H39N3O4. The maximum atomic E-state index is 13.6. The molecule has 0 aromatic heterocycles. The minimum atomic E-state index is -0.825. The van der Waals surface area contributed by atoms with Gasteiger partial charge in [0.2, 0.25) is 11.8 Å². The van der Waals surface area contributed by atoms with Gasteiger partial charge in [0.15, 0.2) is 0 Å². The quantitative estimate of drug-likeness (QED) is 0.560. The lowest BCUT2D eigenvalue weighted by Gasteiger charge is -2.34. The first-order valence-electron chi connectivity index (χ1n) is 11.6. The van der Waals surface area contributed by atoms with E-state index in [1.807, 2.05) is 31.2 Å². The molecule has 0 aliphatic heterocycles. The number of benzene rings is 1. The maximum Gasteiger partial charge on any atom is 0.408 e. The molecular weight excluding hydrogens is 406 g/mol. The fourth-order valence-electron chi connectivity index (χ4n) is 3.61. The highest BCUT2D eigenvalue weighted by Gasteiger charge is 2.47. The first-order chi connectivity index (χ1) is 14.9. The molecule has 0 heterocycles. The zero-order valence-electron chi connectivity index (χ0n) is 20.5. The minimum Gasteiger partial charge on any atom is -0.444 e. The zero-order chi connectivity index (χ0) is 24.1. The first kappa shape index (κ1) is 25.7. The number of rotatable bonds is 9. The van der Waals surface area contributed by atoms with Gasteiger partial charge < -0.3 is 20.3 Å². The zero-order valence-corrected chi connectivity index (χ0v) is 20.5. The van der Waals surface area contributed by atoms with Gasteiger partial charge >= 0.3 is 6.09 Å². The van der Waals surface area contributed by atoms with Crippen LogP contribution in [0.15, 0.2) is 24.3 Å². The Morgan fingerprint density at radius 3 is 2.28 bits per heavy atom. The van der Waals surface area contributed by atoms with Crippen LogP contribution in [0.3, 0.4) is 0 Å². The summed E-state index contributed by atoms with van der Waals surface area (Å²) in [4.78, 5) is 40.8. The number of nitrogens with one attached hydrogen (secondary N) is 2. The number of alkyl carbamates (subject to hydrolysis) is 1. The lowest BCUT2D eigenvalue weighted by molar-refractivity contribution is -0.143. The SMILES string of the molecule is CCCCNC(=O)C(c1ccc(C)cc1)N(C(=O)C(C)NC(=O)OC(C)(C)C)C1CC1C. The molecule has 4 unspecified atom stereocenters. The van der Waals surface area contributed by atoms with Crippen molar-refractivity contribution in [3.8, 4) is 0 Å². The average molecular weight is 446 g/mol. The number of unbranched alkanes of at least 4 members (excludes halogenated alkanes) is 1. The van der Waals surface area contributed by atoms with Crippen molar-refractivity contribution >= 4 is 17.9 Å². The lowest BCUT2D eigenvalue weighted by atomic mass is 10.0. The number of carbonyl (C=O) groups excluding carboxylic acids is 3. The van der Waals surface area contributed by atoms with E-state index in [4.69, 9.17) is 4.74 Å². The first-order valence-corrected chi connectivity index (χ1v) is 11.6. The van der Waals surface area contributed by atoms with E-state index in [1.165, 1.54) is 0 Å². The Morgan fingerprint density at radius 2 is 1.78 bits per heavy atom. The highest BCUT2D eigenvalue weighted by atomic mass is 16.6. The van der Waals surface area contributed by atoms with Crippen LogP contribution in [0.25, 0.3) is 0 Å². The number of hydrogen-bond acceptors (Lipinski definition) is 4. The molecule has 1 aromatic rings. The number of aryl methyl sites for hydroxylation is 1. The summed E-state index contributed by atoms with van der Waals surface area (Å²) in [6, 6.07) is 6.07. The van der Waals surface area contributed by atoms with E-state index in [9.17, 15) is 14.4 Å². The van der Waals surface area contributed by atoms with Crippen molar-refractivity contribution in [3.63, 3.8) is 0 Å². The second kappa shape index (κ2) is 10.8. The van der Waals surface area contributed by atoms with Crippen molar-refractivity contribution in [2.75, 3.05) is 6.54 Å². The van der Waals surface area contributed by atoms with Crippen LogP contribution in [0.4, 0.5) is 4.79 Å². The average Bonchev–Trinajstić information content (AvgIpc) is 3.40. The number of amides is 3. The van der Waals surface area contributed by atoms with Crippen molar-refractivity contribution in [3.05, 3.63) is 35.4 Å². The van der Waals surface area contributed by atoms with E-state index < -0.39 is 23.8 Å². The lowest BCUT2D eigenvalue weighted by Crippen LogP contribution is -2.53. The molecule has 0 bridgehead atoms. The van der Waals surface area contributed by atoms with Crippen LogP contribution < -0.4 is 10.6 Å². The predicted molar refractivity (Wildman–Crippen MR) is 125 cm³/mol. The van der Waals surface area contributed by atoms with Gasteiger partial charge in [-0.25, -0.2) is 4.79 Å². The van der Waals surface area contributed by atoms with Crippen LogP contribution in [0.5, 0.6) is 0 Å². The van der Waals surface area contributed by atoms with E-state index in [0.29, 0.717) is 12.5 Å². The standard InChI is InChI=1S/C25H39N3O4/c1-8-9-14-26-22(29)21(19-12-10-16(2)11-13-19)28(20-15-17(20)3)23(30)18(4)27-24(31)32-25(5,6)7/h10-13,17-18,20-21H,8-9,14-15H2,1-7H3,(H,26,29)(H,27,31). The predicted octanol–water partition coefficient (Wildman–Crippen LogP) is 4.10. The molecule has 1 aromatic carbocycles. The Labute approximate surface area is 192 Å². The molecule has 178 valence electrons. The monoisotopic (exact) mass is 445 g/mol. The van der Waals surface area contributed by atoms with E-state index in [0.717, 1.165) is 30.4 Å². The van der Waals surface area contributed by atoms with Crippen LogP contribution in [0.2, 0.25) is 0 Å². The Kier molecular flexibility index (Phi) is 8.70. The topological polar surface area (TPSA) is 87.7 Å². The van der Waals surface area contributed by atoms with Crippen LogP contribution in [-0.4, -0.2) is 47.0 Å². The highest BCUT2D eigenvalue weighted by Crippen LogP contribution is 2.40. The molecule has 4 atom stereocenters. The Balaban J connectivity index is 2.31. The third kappa shape index (κ3) is 7.24. The Hall–Kier alpha value is -2.57. The summed E-state index contributed by atoms with van der Waals surface area (Å²) in [5.41, 5.74) is 1.18. The van der Waals surface area contributed by atoms with Gasteiger partial charge in [0.25, 0.3) is 0 Å². The molecule has 1 fully saturated rings. The smallest absolute Gasteiger partial charge is 0.408 e. The van der Waals surface area contributed by atoms with Gasteiger partial charge in [0.1, 0.15) is 17.7 Å². The third-order valence-corrected chi connectivity index (χ3v) is 5.53. The molecule has 0 spiro atoms. The van der Waals surface area contributed by atoms with Crippen molar-refractivity contribution < 1.29 is 19.1 Å². The molecule has 1 aliphatic rings. The van der Waals surface area contributed by atoms with Crippen molar-refractivity contribution in [1.82, 2.24) is 15.5 Å². The van der Waals surface area contributed by atoms with Gasteiger partial charge in [-0.3, -0.25) is 9.59 Å². The summed E-state index contributed by atoms with van der Waals surface area (Å²) in [7, 11) is 0.